The highest BCUT2D eigenvalue weighted by atomic mass is 35.5. The molecule has 0 saturated carbocycles. The van der Waals surface area contributed by atoms with Crippen LogP contribution in [0.5, 0.6) is 0 Å². The van der Waals surface area contributed by atoms with E-state index in [9.17, 15) is 4.79 Å². The van der Waals surface area contributed by atoms with Crippen LogP contribution >= 0.6 is 23.2 Å². The lowest BCUT2D eigenvalue weighted by Crippen LogP contribution is -2.12. The number of carbonyl (C=O) groups excluding carboxylic acids is 1. The van der Waals surface area contributed by atoms with E-state index in [-0.39, 0.29) is 16.2 Å². The molecule has 0 aromatic carbocycles. The molecule has 2 aromatic heterocycles. The van der Waals surface area contributed by atoms with Crippen LogP contribution in [0.25, 0.3) is 0 Å². The summed E-state index contributed by atoms with van der Waals surface area (Å²) in [4.78, 5) is 19.5. The minimum Gasteiger partial charge on any atom is -0.322 e. The van der Waals surface area contributed by atoms with Gasteiger partial charge in [0.2, 0.25) is 0 Å². The predicted molar refractivity (Wildman–Crippen MR) is 66.4 cm³/mol. The van der Waals surface area contributed by atoms with E-state index in [4.69, 9.17) is 23.2 Å². The molecule has 2 heterocycles. The topological polar surface area (TPSA) is 54.9 Å². The molecule has 4 nitrogen and oxygen atoms in total. The summed E-state index contributed by atoms with van der Waals surface area (Å²) in [6.07, 6.45) is 3.17. The molecule has 2 rings (SSSR count). The summed E-state index contributed by atoms with van der Waals surface area (Å²) < 4.78 is 0. The second-order valence-corrected chi connectivity index (χ2v) is 3.97. The van der Waals surface area contributed by atoms with E-state index in [1.807, 2.05) is 0 Å². The van der Waals surface area contributed by atoms with Gasteiger partial charge in [-0.25, -0.2) is 4.98 Å². The highest BCUT2D eigenvalue weighted by Gasteiger charge is 2.08. The number of pyridine rings is 2. The van der Waals surface area contributed by atoms with E-state index < -0.39 is 0 Å². The van der Waals surface area contributed by atoms with E-state index >= 15 is 0 Å². The SMILES string of the molecule is O=C(Nc1ccncc1)c1cc(Cl)nc(Cl)c1. The van der Waals surface area contributed by atoms with Crippen LogP contribution < -0.4 is 5.32 Å². The molecule has 0 aliphatic rings. The smallest absolute Gasteiger partial charge is 0.255 e. The van der Waals surface area contributed by atoms with E-state index in [2.05, 4.69) is 15.3 Å². The van der Waals surface area contributed by atoms with Crippen molar-refractivity contribution in [2.45, 2.75) is 0 Å². The largest absolute Gasteiger partial charge is 0.322 e. The van der Waals surface area contributed by atoms with Gasteiger partial charge in [-0.1, -0.05) is 23.2 Å². The maximum Gasteiger partial charge on any atom is 0.255 e. The second-order valence-electron chi connectivity index (χ2n) is 3.19. The van der Waals surface area contributed by atoms with Crippen molar-refractivity contribution in [2.75, 3.05) is 5.32 Å². The number of anilines is 1. The molecule has 86 valence electrons. The van der Waals surface area contributed by atoms with Crippen molar-refractivity contribution in [1.29, 1.82) is 0 Å². The first-order valence-electron chi connectivity index (χ1n) is 4.69. The molecular formula is C11H7Cl2N3O. The molecule has 17 heavy (non-hydrogen) atoms. The zero-order valence-electron chi connectivity index (χ0n) is 8.52. The molecule has 0 bridgehead atoms. The Bertz CT molecular complexity index is 525. The van der Waals surface area contributed by atoms with Crippen molar-refractivity contribution in [1.82, 2.24) is 9.97 Å². The van der Waals surface area contributed by atoms with Crippen LogP contribution in [0.2, 0.25) is 10.3 Å². The fraction of sp³-hybridized carbons (Fsp3) is 0. The van der Waals surface area contributed by atoms with Crippen LogP contribution in [-0.2, 0) is 0 Å². The van der Waals surface area contributed by atoms with E-state index in [1.54, 1.807) is 24.5 Å². The van der Waals surface area contributed by atoms with Gasteiger partial charge in [-0.2, -0.15) is 0 Å². The molecule has 0 atom stereocenters. The van der Waals surface area contributed by atoms with Crippen molar-refractivity contribution < 1.29 is 4.79 Å². The third-order valence-electron chi connectivity index (χ3n) is 1.96. The lowest BCUT2D eigenvalue weighted by atomic mass is 10.2. The minimum atomic E-state index is -0.303. The number of nitrogens with zero attached hydrogens (tertiary/aromatic N) is 2. The van der Waals surface area contributed by atoms with E-state index in [0.29, 0.717) is 11.3 Å². The number of aromatic nitrogens is 2. The normalized spacial score (nSPS) is 10.0. The Hall–Kier alpha value is -1.65. The Morgan fingerprint density at radius 3 is 2.29 bits per heavy atom. The van der Waals surface area contributed by atoms with Gasteiger partial charge in [0.25, 0.3) is 5.91 Å². The van der Waals surface area contributed by atoms with Gasteiger partial charge in [-0.05, 0) is 24.3 Å². The number of halogens is 2. The van der Waals surface area contributed by atoms with Crippen molar-refractivity contribution in [3.63, 3.8) is 0 Å². The van der Waals surface area contributed by atoms with Crippen LogP contribution in [0.4, 0.5) is 5.69 Å². The van der Waals surface area contributed by atoms with Crippen LogP contribution in [0.3, 0.4) is 0 Å². The van der Waals surface area contributed by atoms with Crippen LogP contribution in [0.15, 0.2) is 36.7 Å². The molecule has 2 aromatic rings. The number of nitrogens with one attached hydrogen (secondary N) is 1. The molecule has 0 unspecified atom stereocenters. The van der Waals surface area contributed by atoms with Crippen molar-refractivity contribution in [3.8, 4) is 0 Å². The van der Waals surface area contributed by atoms with Gasteiger partial charge in [-0.15, -0.1) is 0 Å². The predicted octanol–water partition coefficient (Wildman–Crippen LogP) is 3.04. The second kappa shape index (κ2) is 5.12. The Labute approximate surface area is 108 Å². The molecule has 0 radical (unpaired) electrons. The van der Waals surface area contributed by atoms with E-state index in [1.165, 1.54) is 12.1 Å². The van der Waals surface area contributed by atoms with Gasteiger partial charge in [0.15, 0.2) is 0 Å². The zero-order chi connectivity index (χ0) is 12.3. The third kappa shape index (κ3) is 3.15. The van der Waals surface area contributed by atoms with Gasteiger partial charge in [0.1, 0.15) is 10.3 Å². The maximum atomic E-state index is 11.8. The van der Waals surface area contributed by atoms with E-state index in [0.717, 1.165) is 0 Å². The monoisotopic (exact) mass is 267 g/mol. The lowest BCUT2D eigenvalue weighted by molar-refractivity contribution is 0.102. The van der Waals surface area contributed by atoms with Crippen LogP contribution in [0.1, 0.15) is 10.4 Å². The average molecular weight is 268 g/mol. The quantitative estimate of drug-likeness (QED) is 0.851. The third-order valence-corrected chi connectivity index (χ3v) is 2.35. The zero-order valence-corrected chi connectivity index (χ0v) is 10.0. The van der Waals surface area contributed by atoms with Gasteiger partial charge < -0.3 is 5.32 Å². The Morgan fingerprint density at radius 2 is 1.71 bits per heavy atom. The number of carbonyl (C=O) groups is 1. The molecule has 1 N–H and O–H groups in total. The first-order valence-corrected chi connectivity index (χ1v) is 5.45. The number of hydrogen-bond acceptors (Lipinski definition) is 3. The van der Waals surface area contributed by atoms with Crippen molar-refractivity contribution in [2.24, 2.45) is 0 Å². The lowest BCUT2D eigenvalue weighted by Gasteiger charge is -2.05. The molecule has 0 aliphatic carbocycles. The summed E-state index contributed by atoms with van der Waals surface area (Å²) in [5.74, 6) is -0.303. The van der Waals surface area contributed by atoms with Gasteiger partial charge in [0.05, 0.1) is 0 Å². The highest BCUT2D eigenvalue weighted by molar-refractivity contribution is 6.33. The fourth-order valence-electron chi connectivity index (χ4n) is 1.23. The summed E-state index contributed by atoms with van der Waals surface area (Å²) in [7, 11) is 0. The molecule has 0 saturated heterocycles. The summed E-state index contributed by atoms with van der Waals surface area (Å²) in [6, 6.07) is 6.26. The summed E-state index contributed by atoms with van der Waals surface area (Å²) in [6.45, 7) is 0. The van der Waals surface area contributed by atoms with Gasteiger partial charge >= 0.3 is 0 Å². The molecule has 0 spiro atoms. The van der Waals surface area contributed by atoms with Crippen molar-refractivity contribution in [3.05, 3.63) is 52.5 Å². The standard InChI is InChI=1S/C11H7Cl2N3O/c12-9-5-7(6-10(13)16-9)11(17)15-8-1-3-14-4-2-8/h1-6H,(H,14,15,17). The number of hydrogen-bond donors (Lipinski definition) is 1. The van der Waals surface area contributed by atoms with Crippen molar-refractivity contribution >= 4 is 34.8 Å². The Morgan fingerprint density at radius 1 is 1.12 bits per heavy atom. The first kappa shape index (κ1) is 11.8. The molecule has 0 aliphatic heterocycles. The average Bonchev–Trinajstić information content (AvgIpc) is 2.29. The Balaban J connectivity index is 2.20. The summed E-state index contributed by atoms with van der Waals surface area (Å²) >= 11 is 11.4. The first-order chi connectivity index (χ1) is 8.15. The van der Waals surface area contributed by atoms with Gasteiger partial charge in [0, 0.05) is 23.6 Å². The minimum absolute atomic E-state index is 0.178. The maximum absolute atomic E-state index is 11.8. The number of amides is 1. The number of rotatable bonds is 2. The van der Waals surface area contributed by atoms with Gasteiger partial charge in [-0.3, -0.25) is 9.78 Å². The molecule has 0 fully saturated rings. The molecular weight excluding hydrogens is 261 g/mol. The molecule has 1 amide bonds. The van der Waals surface area contributed by atoms with Crippen LogP contribution in [0, 0.1) is 0 Å². The fourth-order valence-corrected chi connectivity index (χ4v) is 1.69. The summed E-state index contributed by atoms with van der Waals surface area (Å²) in [5.41, 5.74) is 1.00. The highest BCUT2D eigenvalue weighted by Crippen LogP contribution is 2.16. The molecule has 6 heteroatoms. The summed E-state index contributed by atoms with van der Waals surface area (Å²) in [5, 5.41) is 3.04. The Kier molecular flexibility index (Phi) is 3.56. The van der Waals surface area contributed by atoms with Crippen LogP contribution in [-0.4, -0.2) is 15.9 Å².